The first kappa shape index (κ1) is 23.3. The van der Waals surface area contributed by atoms with Crippen molar-refractivity contribution in [2.75, 3.05) is 6.61 Å². The number of halogens is 2. The second-order valence-electron chi connectivity index (χ2n) is 7.71. The Morgan fingerprint density at radius 3 is 2.22 bits per heavy atom. The van der Waals surface area contributed by atoms with Gasteiger partial charge in [-0.3, -0.25) is 0 Å². The van der Waals surface area contributed by atoms with Crippen LogP contribution in [0.15, 0.2) is 66.7 Å². The molecular weight excluding hydrogens is 406 g/mol. The van der Waals surface area contributed by atoms with E-state index in [-0.39, 0.29) is 17.0 Å². The molecule has 1 unspecified atom stereocenters. The highest BCUT2D eigenvalue weighted by Gasteiger charge is 2.27. The van der Waals surface area contributed by atoms with Crippen LogP contribution in [-0.2, 0) is 11.8 Å². The van der Waals surface area contributed by atoms with Gasteiger partial charge in [-0.15, -0.1) is 6.42 Å². The highest BCUT2D eigenvalue weighted by atomic mass is 19.1. The van der Waals surface area contributed by atoms with Crippen molar-refractivity contribution >= 4 is 0 Å². The Morgan fingerprint density at radius 2 is 1.59 bits per heavy atom. The normalized spacial score (nSPS) is 12.6. The fourth-order valence-corrected chi connectivity index (χ4v) is 3.83. The van der Waals surface area contributed by atoms with Crippen LogP contribution in [0.4, 0.5) is 8.78 Å². The van der Waals surface area contributed by atoms with Crippen LogP contribution in [-0.4, -0.2) is 6.61 Å². The molecule has 0 aromatic heterocycles. The largest absolute Gasteiger partial charge is 0.494 e. The van der Waals surface area contributed by atoms with E-state index in [2.05, 4.69) is 12.8 Å². The van der Waals surface area contributed by atoms with E-state index >= 15 is 0 Å². The molecule has 0 fully saturated rings. The Kier molecular flexibility index (Phi) is 7.89. The molecule has 3 rings (SSSR count). The molecule has 32 heavy (non-hydrogen) atoms. The molecule has 0 saturated carbocycles. The standard InChI is InChI=1S/C28H28F2O2/c1-4-28(5-2,22-10-14-24(15-11-22)31-6-3)19-7-8-21-9-18-26(30)27(20-21)32-25-16-12-23(29)13-17-25/h1,9-18,20H,5-8,19H2,2-3H3. The summed E-state index contributed by atoms with van der Waals surface area (Å²) in [5.41, 5.74) is 1.70. The molecule has 3 aromatic carbocycles. The summed E-state index contributed by atoms with van der Waals surface area (Å²) in [7, 11) is 0. The second kappa shape index (κ2) is 10.8. The van der Waals surface area contributed by atoms with E-state index in [0.717, 1.165) is 42.6 Å². The molecular formula is C28H28F2O2. The van der Waals surface area contributed by atoms with Crippen LogP contribution in [0.25, 0.3) is 0 Å². The van der Waals surface area contributed by atoms with Crippen molar-refractivity contribution in [3.8, 4) is 29.6 Å². The van der Waals surface area contributed by atoms with E-state index in [0.29, 0.717) is 12.4 Å². The van der Waals surface area contributed by atoms with Gasteiger partial charge in [-0.25, -0.2) is 8.78 Å². The molecule has 0 saturated heterocycles. The van der Waals surface area contributed by atoms with Crippen LogP contribution in [0.2, 0.25) is 0 Å². The van der Waals surface area contributed by atoms with Gasteiger partial charge >= 0.3 is 0 Å². The molecule has 0 aliphatic heterocycles. The van der Waals surface area contributed by atoms with E-state index in [1.54, 1.807) is 12.1 Å². The van der Waals surface area contributed by atoms with E-state index in [1.165, 1.54) is 30.3 Å². The maximum atomic E-state index is 14.2. The van der Waals surface area contributed by atoms with Crippen LogP contribution in [0.5, 0.6) is 17.2 Å². The lowest BCUT2D eigenvalue weighted by molar-refractivity contribution is 0.340. The van der Waals surface area contributed by atoms with E-state index in [1.807, 2.05) is 31.2 Å². The Balaban J connectivity index is 1.68. The molecule has 0 aliphatic carbocycles. The smallest absolute Gasteiger partial charge is 0.165 e. The summed E-state index contributed by atoms with van der Waals surface area (Å²) in [6, 6.07) is 18.4. The molecule has 4 heteroatoms. The molecule has 1 atom stereocenters. The zero-order chi connectivity index (χ0) is 23.0. The van der Waals surface area contributed by atoms with E-state index in [9.17, 15) is 8.78 Å². The van der Waals surface area contributed by atoms with Gasteiger partial charge in [0.2, 0.25) is 0 Å². The van der Waals surface area contributed by atoms with Gasteiger partial charge in [-0.2, -0.15) is 0 Å². The van der Waals surface area contributed by atoms with Crippen LogP contribution in [0.1, 0.15) is 44.2 Å². The summed E-state index contributed by atoms with van der Waals surface area (Å²) in [6.07, 6.45) is 9.19. The summed E-state index contributed by atoms with van der Waals surface area (Å²) >= 11 is 0. The third kappa shape index (κ3) is 5.68. The average Bonchev–Trinajstić information content (AvgIpc) is 2.81. The van der Waals surface area contributed by atoms with Crippen molar-refractivity contribution in [1.82, 2.24) is 0 Å². The fourth-order valence-electron chi connectivity index (χ4n) is 3.83. The third-order valence-corrected chi connectivity index (χ3v) is 5.70. The summed E-state index contributed by atoms with van der Waals surface area (Å²) in [4.78, 5) is 0. The minimum absolute atomic E-state index is 0.124. The Labute approximate surface area is 189 Å². The quantitative estimate of drug-likeness (QED) is 0.308. The average molecular weight is 435 g/mol. The van der Waals surface area contributed by atoms with Gasteiger partial charge in [-0.05, 0) is 92.3 Å². The van der Waals surface area contributed by atoms with Gasteiger partial charge in [0.25, 0.3) is 0 Å². The molecule has 0 bridgehead atoms. The highest BCUT2D eigenvalue weighted by Crippen LogP contribution is 2.34. The van der Waals surface area contributed by atoms with Gasteiger partial charge in [0, 0.05) is 0 Å². The van der Waals surface area contributed by atoms with E-state index < -0.39 is 5.82 Å². The zero-order valence-corrected chi connectivity index (χ0v) is 18.5. The van der Waals surface area contributed by atoms with Crippen molar-refractivity contribution in [3.05, 3.63) is 89.5 Å². The molecule has 166 valence electrons. The van der Waals surface area contributed by atoms with Gasteiger partial charge in [0.05, 0.1) is 12.0 Å². The summed E-state index contributed by atoms with van der Waals surface area (Å²) in [5.74, 6) is 3.53. The molecule has 0 heterocycles. The number of aryl methyl sites for hydroxylation is 1. The van der Waals surface area contributed by atoms with E-state index in [4.69, 9.17) is 15.9 Å². The second-order valence-corrected chi connectivity index (χ2v) is 7.71. The van der Waals surface area contributed by atoms with Crippen molar-refractivity contribution in [3.63, 3.8) is 0 Å². The lowest BCUT2D eigenvalue weighted by Gasteiger charge is -2.28. The van der Waals surface area contributed by atoms with Crippen molar-refractivity contribution < 1.29 is 18.3 Å². The summed E-state index contributed by atoms with van der Waals surface area (Å²) < 4.78 is 38.5. The maximum Gasteiger partial charge on any atom is 0.165 e. The molecule has 0 radical (unpaired) electrons. The summed E-state index contributed by atoms with van der Waals surface area (Å²) in [5, 5.41) is 0. The number of hydrogen-bond donors (Lipinski definition) is 0. The predicted molar refractivity (Wildman–Crippen MR) is 124 cm³/mol. The van der Waals surface area contributed by atoms with Crippen molar-refractivity contribution in [2.45, 2.75) is 44.9 Å². The Bertz CT molecular complexity index is 1050. The van der Waals surface area contributed by atoms with Crippen molar-refractivity contribution in [1.29, 1.82) is 0 Å². The first-order valence-electron chi connectivity index (χ1n) is 10.9. The first-order valence-corrected chi connectivity index (χ1v) is 10.9. The monoisotopic (exact) mass is 434 g/mol. The molecule has 0 spiro atoms. The summed E-state index contributed by atoms with van der Waals surface area (Å²) in [6.45, 7) is 4.68. The minimum atomic E-state index is -0.459. The molecule has 3 aromatic rings. The fraction of sp³-hybridized carbons (Fsp3) is 0.286. The van der Waals surface area contributed by atoms with Gasteiger partial charge in [-0.1, -0.05) is 31.0 Å². The number of terminal acetylenes is 1. The molecule has 2 nitrogen and oxygen atoms in total. The number of ether oxygens (including phenoxy) is 2. The first-order chi connectivity index (χ1) is 15.5. The maximum absolute atomic E-state index is 14.2. The number of benzene rings is 3. The highest BCUT2D eigenvalue weighted by molar-refractivity contribution is 5.39. The molecule has 0 amide bonds. The predicted octanol–water partition coefficient (Wildman–Crippen LogP) is 7.46. The minimum Gasteiger partial charge on any atom is -0.494 e. The number of hydrogen-bond acceptors (Lipinski definition) is 2. The van der Waals surface area contributed by atoms with Gasteiger partial charge < -0.3 is 9.47 Å². The van der Waals surface area contributed by atoms with Crippen LogP contribution >= 0.6 is 0 Å². The van der Waals surface area contributed by atoms with Crippen LogP contribution in [0.3, 0.4) is 0 Å². The topological polar surface area (TPSA) is 18.5 Å². The zero-order valence-electron chi connectivity index (χ0n) is 18.5. The van der Waals surface area contributed by atoms with Gasteiger partial charge in [0.15, 0.2) is 11.6 Å². The van der Waals surface area contributed by atoms with Crippen LogP contribution in [0, 0.1) is 24.0 Å². The third-order valence-electron chi connectivity index (χ3n) is 5.70. The Hall–Kier alpha value is -3.32. The SMILES string of the molecule is C#CC(CC)(CCCc1ccc(F)c(Oc2ccc(F)cc2)c1)c1ccc(OCC)cc1. The van der Waals surface area contributed by atoms with Crippen LogP contribution < -0.4 is 9.47 Å². The number of rotatable bonds is 10. The molecule has 0 aliphatic rings. The van der Waals surface area contributed by atoms with Gasteiger partial charge in [0.1, 0.15) is 17.3 Å². The molecule has 0 N–H and O–H groups in total. The lowest BCUT2D eigenvalue weighted by Crippen LogP contribution is -2.23. The van der Waals surface area contributed by atoms with Crippen molar-refractivity contribution in [2.24, 2.45) is 0 Å². The lowest BCUT2D eigenvalue weighted by atomic mass is 9.75. The Morgan fingerprint density at radius 1 is 0.906 bits per heavy atom.